The molecule has 2 saturated heterocycles. The van der Waals surface area contributed by atoms with Crippen LogP contribution in [0.3, 0.4) is 0 Å². The van der Waals surface area contributed by atoms with Crippen LogP contribution >= 0.6 is 0 Å². The van der Waals surface area contributed by atoms with E-state index in [1.54, 1.807) is 0 Å². The van der Waals surface area contributed by atoms with Gasteiger partial charge in [0.1, 0.15) is 0 Å². The summed E-state index contributed by atoms with van der Waals surface area (Å²) in [5.74, 6) is -2.42. The number of phenols is 2. The molecule has 52 heavy (non-hydrogen) atoms. The third-order valence-electron chi connectivity index (χ3n) is 7.69. The minimum absolute atomic E-state index is 0.447. The fourth-order valence-electron chi connectivity index (χ4n) is 5.02. The van der Waals surface area contributed by atoms with E-state index in [1.807, 2.05) is 0 Å². The number of benzene rings is 2. The standard InChI is InChI=1S/C16H32N2O2.2C6H3N3O7/c1-3-7-17(8-4-1)11-13-19-15-16-20-14-12-18-9-5-2-6-10-18;2*10-6-4(8(13)14)1-3(7(11)12)2-5(6)9(15)16/h1-16H2;2*1-2,10H. The Morgan fingerprint density at radius 1 is 0.462 bits per heavy atom. The molecule has 286 valence electrons. The molecule has 2 aliphatic heterocycles. The highest BCUT2D eigenvalue weighted by Crippen LogP contribution is 2.40. The topological polar surface area (TPSA) is 324 Å². The zero-order chi connectivity index (χ0) is 38.8. The number of hydrogen-bond acceptors (Lipinski definition) is 18. The second-order valence-corrected chi connectivity index (χ2v) is 11.2. The van der Waals surface area contributed by atoms with Crippen LogP contribution in [0.15, 0.2) is 24.3 Å². The number of non-ortho nitro benzene ring substituents is 2. The van der Waals surface area contributed by atoms with Crippen molar-refractivity contribution in [2.75, 3.05) is 65.7 Å². The van der Waals surface area contributed by atoms with Gasteiger partial charge in [0, 0.05) is 13.1 Å². The van der Waals surface area contributed by atoms with Crippen LogP contribution in [0.4, 0.5) is 34.1 Å². The normalized spacial score (nSPS) is 14.5. The number of aromatic hydroxyl groups is 2. The molecule has 2 fully saturated rings. The molecule has 4 rings (SSSR count). The first-order valence-corrected chi connectivity index (χ1v) is 15.8. The van der Waals surface area contributed by atoms with Crippen LogP contribution in [0, 0.1) is 60.7 Å². The molecule has 0 radical (unpaired) electrons. The van der Waals surface area contributed by atoms with Gasteiger partial charge in [-0.3, -0.25) is 60.7 Å². The van der Waals surface area contributed by atoms with Gasteiger partial charge >= 0.3 is 22.7 Å². The summed E-state index contributed by atoms with van der Waals surface area (Å²) >= 11 is 0. The molecular formula is C28H38N8O16. The van der Waals surface area contributed by atoms with Crippen molar-refractivity contribution in [2.45, 2.75) is 38.5 Å². The Balaban J connectivity index is 0.000000273. The maximum atomic E-state index is 10.4. The van der Waals surface area contributed by atoms with Crippen molar-refractivity contribution < 1.29 is 49.2 Å². The zero-order valence-electron chi connectivity index (χ0n) is 27.8. The molecule has 24 heteroatoms. The van der Waals surface area contributed by atoms with Gasteiger partial charge < -0.3 is 29.5 Å². The Morgan fingerprint density at radius 3 is 0.962 bits per heavy atom. The van der Waals surface area contributed by atoms with E-state index < -0.39 is 75.2 Å². The quantitative estimate of drug-likeness (QED) is 0.146. The average Bonchev–Trinajstić information content (AvgIpc) is 3.10. The maximum Gasteiger partial charge on any atom is 0.324 e. The van der Waals surface area contributed by atoms with Crippen molar-refractivity contribution >= 4 is 34.1 Å². The lowest BCUT2D eigenvalue weighted by atomic mass is 10.1. The summed E-state index contributed by atoms with van der Waals surface area (Å²) in [6, 6.07) is 1.79. The summed E-state index contributed by atoms with van der Waals surface area (Å²) in [4.78, 5) is 60.6. The third-order valence-corrected chi connectivity index (χ3v) is 7.69. The van der Waals surface area contributed by atoms with E-state index in [0.717, 1.165) is 39.5 Å². The smallest absolute Gasteiger partial charge is 0.324 e. The minimum Gasteiger partial charge on any atom is -0.497 e. The first kappa shape index (κ1) is 42.4. The van der Waals surface area contributed by atoms with Crippen molar-refractivity contribution in [3.05, 3.63) is 85.0 Å². The predicted molar refractivity (Wildman–Crippen MR) is 178 cm³/mol. The van der Waals surface area contributed by atoms with Crippen LogP contribution in [0.5, 0.6) is 11.5 Å². The van der Waals surface area contributed by atoms with E-state index >= 15 is 0 Å². The highest BCUT2D eigenvalue weighted by atomic mass is 16.7. The van der Waals surface area contributed by atoms with Gasteiger partial charge in [-0.15, -0.1) is 0 Å². The lowest BCUT2D eigenvalue weighted by molar-refractivity contribution is -0.404. The molecule has 0 aromatic heterocycles. The molecule has 24 nitrogen and oxygen atoms in total. The van der Waals surface area contributed by atoms with Gasteiger partial charge in [-0.25, -0.2) is 0 Å². The van der Waals surface area contributed by atoms with Gasteiger partial charge in [-0.05, 0) is 51.9 Å². The number of likely N-dealkylation sites (tertiary alicyclic amines) is 2. The van der Waals surface area contributed by atoms with Crippen LogP contribution in [0.1, 0.15) is 38.5 Å². The first-order valence-electron chi connectivity index (χ1n) is 15.8. The molecule has 0 atom stereocenters. The van der Waals surface area contributed by atoms with E-state index in [9.17, 15) is 60.7 Å². The summed E-state index contributed by atoms with van der Waals surface area (Å²) in [6.45, 7) is 10.4. The second kappa shape index (κ2) is 21.5. The van der Waals surface area contributed by atoms with Crippen molar-refractivity contribution in [3.63, 3.8) is 0 Å². The molecule has 2 N–H and O–H groups in total. The number of nitrogens with zero attached hydrogens (tertiary/aromatic N) is 8. The second-order valence-electron chi connectivity index (χ2n) is 11.2. The summed E-state index contributed by atoms with van der Waals surface area (Å²) < 4.78 is 11.3. The summed E-state index contributed by atoms with van der Waals surface area (Å²) in [5.41, 5.74) is -6.00. The molecule has 0 spiro atoms. The van der Waals surface area contributed by atoms with Gasteiger partial charge in [-0.2, -0.15) is 0 Å². The molecule has 0 aliphatic carbocycles. The van der Waals surface area contributed by atoms with Gasteiger partial charge in [0.15, 0.2) is 0 Å². The molecule has 2 aromatic carbocycles. The fraction of sp³-hybridized carbons (Fsp3) is 0.571. The third kappa shape index (κ3) is 13.9. The van der Waals surface area contributed by atoms with Crippen LogP contribution in [0.25, 0.3) is 0 Å². The number of rotatable bonds is 15. The lowest BCUT2D eigenvalue weighted by Gasteiger charge is -2.26. The van der Waals surface area contributed by atoms with Crippen LogP contribution in [-0.2, 0) is 9.47 Å². The van der Waals surface area contributed by atoms with Crippen molar-refractivity contribution in [2.24, 2.45) is 0 Å². The molecule has 2 heterocycles. The fourth-order valence-corrected chi connectivity index (χ4v) is 5.02. The van der Waals surface area contributed by atoms with E-state index in [0.29, 0.717) is 24.3 Å². The monoisotopic (exact) mass is 742 g/mol. The Kier molecular flexibility index (Phi) is 17.5. The number of piperidine rings is 2. The van der Waals surface area contributed by atoms with Gasteiger partial charge in [0.25, 0.3) is 22.9 Å². The molecule has 0 amide bonds. The maximum absolute atomic E-state index is 10.4. The Morgan fingerprint density at radius 2 is 0.731 bits per heavy atom. The Hall–Kier alpha value is -5.72. The molecule has 0 saturated carbocycles. The van der Waals surface area contributed by atoms with E-state index in [2.05, 4.69) is 9.80 Å². The summed E-state index contributed by atoms with van der Waals surface area (Å²) in [5, 5.41) is 80.4. The number of hydrogen-bond donors (Lipinski definition) is 2. The number of nitro groups is 6. The molecule has 0 unspecified atom stereocenters. The van der Waals surface area contributed by atoms with E-state index in [-0.39, 0.29) is 0 Å². The number of nitro benzene ring substituents is 6. The van der Waals surface area contributed by atoms with Crippen LogP contribution < -0.4 is 0 Å². The highest BCUT2D eigenvalue weighted by Gasteiger charge is 2.31. The van der Waals surface area contributed by atoms with Crippen LogP contribution in [-0.4, -0.2) is 115 Å². The molecule has 2 aromatic rings. The Labute approximate surface area is 294 Å². The zero-order valence-corrected chi connectivity index (χ0v) is 27.8. The van der Waals surface area contributed by atoms with E-state index in [1.165, 1.54) is 64.7 Å². The van der Waals surface area contributed by atoms with Gasteiger partial charge in [0.2, 0.25) is 0 Å². The minimum atomic E-state index is -1.21. The summed E-state index contributed by atoms with van der Waals surface area (Å²) in [7, 11) is 0. The van der Waals surface area contributed by atoms with E-state index in [4.69, 9.17) is 19.7 Å². The van der Waals surface area contributed by atoms with Crippen molar-refractivity contribution in [1.29, 1.82) is 0 Å². The van der Waals surface area contributed by atoms with Crippen molar-refractivity contribution in [3.8, 4) is 11.5 Å². The Bertz CT molecular complexity index is 1400. The number of ether oxygens (including phenoxy) is 2. The predicted octanol–water partition coefficient (Wildman–Crippen LogP) is 4.23. The van der Waals surface area contributed by atoms with Crippen molar-refractivity contribution in [1.82, 2.24) is 9.80 Å². The SMILES string of the molecule is C1CCN(CCOCCOCCN2CCCCC2)CC1.O=[N+]([O-])c1cc([N+](=O)[O-])c(O)c([N+](=O)[O-])c1.O=[N+]([O-])c1cc([N+](=O)[O-])c(O)c([N+](=O)[O-])c1. The first-order chi connectivity index (χ1) is 24.6. The average molecular weight is 743 g/mol. The molecule has 2 aliphatic rings. The van der Waals surface area contributed by atoms with Gasteiger partial charge in [-0.1, -0.05) is 12.8 Å². The van der Waals surface area contributed by atoms with Crippen LogP contribution in [0.2, 0.25) is 0 Å². The highest BCUT2D eigenvalue weighted by molar-refractivity contribution is 5.65. The molecular weight excluding hydrogens is 704 g/mol. The molecule has 0 bridgehead atoms. The number of phenolic OH excluding ortho intramolecular Hbond substituents is 2. The summed E-state index contributed by atoms with van der Waals surface area (Å²) in [6.07, 6.45) is 8.25. The lowest BCUT2D eigenvalue weighted by Crippen LogP contribution is -2.33. The largest absolute Gasteiger partial charge is 0.497 e. The van der Waals surface area contributed by atoms with Gasteiger partial charge in [0.05, 0.1) is 80.2 Å².